The van der Waals surface area contributed by atoms with E-state index >= 15 is 0 Å². The predicted molar refractivity (Wildman–Crippen MR) is 150 cm³/mol. The maximum atomic E-state index is 12.7. The second-order valence-corrected chi connectivity index (χ2v) is 20.9. The lowest BCUT2D eigenvalue weighted by atomic mass is 10.1. The van der Waals surface area contributed by atoms with Crippen LogP contribution < -0.4 is 11.2 Å². The van der Waals surface area contributed by atoms with Crippen molar-refractivity contribution in [1.29, 1.82) is 0 Å². The Balaban J connectivity index is 2.17. The molecule has 2 fully saturated rings. The van der Waals surface area contributed by atoms with E-state index < -0.39 is 52.9 Å². The molecule has 0 radical (unpaired) electrons. The predicted octanol–water partition coefficient (Wildman–Crippen LogP) is 4.42. The third kappa shape index (κ3) is 5.49. The van der Waals surface area contributed by atoms with Crippen LogP contribution in [0.25, 0.3) is 0 Å². The normalized spacial score (nSPS) is 27.8. The van der Waals surface area contributed by atoms with E-state index in [1.165, 1.54) is 28.6 Å². The molecule has 0 amide bonds. The Morgan fingerprint density at radius 1 is 1.08 bits per heavy atom. The Hall–Kier alpha value is -0.806. The zero-order valence-electron chi connectivity index (χ0n) is 22.6. The average Bonchev–Trinajstić information content (AvgIpc) is 3.08. The molecule has 9 nitrogen and oxygen atoms in total. The standard InChI is InChI=1S/C23H40N2O7S2Si2/c1-13(2)35(14(3)4)28-12-17-19(31-36(32-35,15(5)6)16(7)8)20(30-23(33)34-9)21(29-17)25-11-10-18(26)24-22(25)27/h10-11,13-17,19-21H,12H2,1-9H3,(H,24,26,27)/t17-,19+,20+,21-/m1/s1. The van der Waals surface area contributed by atoms with Gasteiger partial charge in [0.1, 0.15) is 12.2 Å². The van der Waals surface area contributed by atoms with Gasteiger partial charge in [0.05, 0.1) is 6.61 Å². The molecule has 2 aliphatic heterocycles. The Kier molecular flexibility index (Phi) is 9.52. The van der Waals surface area contributed by atoms with Crippen molar-refractivity contribution in [1.82, 2.24) is 9.55 Å². The highest BCUT2D eigenvalue weighted by Crippen LogP contribution is 2.48. The number of fused-ring (bicyclic) bond motifs is 1. The summed E-state index contributed by atoms with van der Waals surface area (Å²) in [4.78, 5) is 26.8. The first-order chi connectivity index (χ1) is 16.8. The van der Waals surface area contributed by atoms with Gasteiger partial charge in [-0.05, 0) is 40.6 Å². The van der Waals surface area contributed by atoms with E-state index in [9.17, 15) is 9.59 Å². The van der Waals surface area contributed by atoms with E-state index in [-0.39, 0.29) is 28.8 Å². The van der Waals surface area contributed by atoms with Crippen molar-refractivity contribution in [2.45, 2.75) is 102 Å². The van der Waals surface area contributed by atoms with Gasteiger partial charge in [-0.2, -0.15) is 0 Å². The van der Waals surface area contributed by atoms with Crippen molar-refractivity contribution < 1.29 is 22.4 Å². The fourth-order valence-corrected chi connectivity index (χ4v) is 16.8. The van der Waals surface area contributed by atoms with E-state index in [0.29, 0.717) is 4.38 Å². The zero-order valence-corrected chi connectivity index (χ0v) is 26.2. The Morgan fingerprint density at radius 2 is 1.67 bits per heavy atom. The average molecular weight is 577 g/mol. The van der Waals surface area contributed by atoms with Crippen molar-refractivity contribution in [3.63, 3.8) is 0 Å². The monoisotopic (exact) mass is 576 g/mol. The van der Waals surface area contributed by atoms with Crippen molar-refractivity contribution in [3.8, 4) is 0 Å². The van der Waals surface area contributed by atoms with Gasteiger partial charge in [-0.3, -0.25) is 14.3 Å². The molecule has 4 atom stereocenters. The smallest absolute Gasteiger partial charge is 0.335 e. The SMILES string of the molecule is CSC(=S)O[C@H]1[C@H]2O[Si](C(C)C)(C(C)C)O[Si](C(C)C)(C(C)C)OC[C@H]2O[C@H]1n1ccc(=O)[nH]c1=O. The summed E-state index contributed by atoms with van der Waals surface area (Å²) in [5.74, 6) is 0. The van der Waals surface area contributed by atoms with Gasteiger partial charge in [-0.25, -0.2) is 4.79 Å². The first-order valence-corrected chi connectivity index (χ1v) is 18.1. The molecule has 0 unspecified atom stereocenters. The highest BCUT2D eigenvalue weighted by Gasteiger charge is 2.62. The number of aromatic nitrogens is 2. The fourth-order valence-electron chi connectivity index (χ4n) is 5.26. The Morgan fingerprint density at radius 3 is 2.17 bits per heavy atom. The summed E-state index contributed by atoms with van der Waals surface area (Å²) in [6, 6.07) is 1.28. The van der Waals surface area contributed by atoms with Crippen LogP contribution in [0.3, 0.4) is 0 Å². The molecule has 0 aliphatic carbocycles. The molecule has 0 aromatic carbocycles. The second-order valence-electron chi connectivity index (χ2n) is 10.7. The van der Waals surface area contributed by atoms with E-state index in [0.717, 1.165) is 0 Å². The van der Waals surface area contributed by atoms with Crippen LogP contribution >= 0.6 is 24.0 Å². The van der Waals surface area contributed by atoms with E-state index in [4.69, 9.17) is 34.7 Å². The van der Waals surface area contributed by atoms with Crippen LogP contribution in [0.15, 0.2) is 21.9 Å². The number of nitrogens with zero attached hydrogens (tertiary/aromatic N) is 1. The molecular formula is C23H40N2O7S2Si2. The van der Waals surface area contributed by atoms with Gasteiger partial charge >= 0.3 is 22.8 Å². The maximum Gasteiger partial charge on any atom is 0.335 e. The van der Waals surface area contributed by atoms with Gasteiger partial charge in [0.2, 0.25) is 4.38 Å². The number of hydrogen-bond donors (Lipinski definition) is 1. The Bertz CT molecular complexity index is 1030. The summed E-state index contributed by atoms with van der Waals surface area (Å²) in [6.45, 7) is 17.5. The molecule has 204 valence electrons. The molecule has 1 N–H and O–H groups in total. The second kappa shape index (κ2) is 11.5. The van der Waals surface area contributed by atoms with Crippen LogP contribution in [-0.4, -0.2) is 62.2 Å². The molecule has 0 saturated carbocycles. The van der Waals surface area contributed by atoms with E-state index in [2.05, 4.69) is 60.4 Å². The van der Waals surface area contributed by atoms with Crippen LogP contribution in [0.2, 0.25) is 22.2 Å². The van der Waals surface area contributed by atoms with Crippen molar-refractivity contribution >= 4 is 45.5 Å². The first-order valence-electron chi connectivity index (χ1n) is 12.5. The third-order valence-corrected chi connectivity index (χ3v) is 18.4. The van der Waals surface area contributed by atoms with Crippen LogP contribution in [0.4, 0.5) is 0 Å². The summed E-state index contributed by atoms with van der Waals surface area (Å²) in [6.07, 6.45) is 0.549. The molecule has 3 rings (SSSR count). The van der Waals surface area contributed by atoms with E-state index in [1.807, 2.05) is 6.26 Å². The van der Waals surface area contributed by atoms with Crippen molar-refractivity contribution in [2.75, 3.05) is 12.9 Å². The van der Waals surface area contributed by atoms with Crippen LogP contribution in [0, 0.1) is 0 Å². The van der Waals surface area contributed by atoms with Crippen molar-refractivity contribution in [2.24, 2.45) is 0 Å². The molecule has 0 spiro atoms. The van der Waals surface area contributed by atoms with Gasteiger partial charge < -0.3 is 22.4 Å². The lowest BCUT2D eigenvalue weighted by Crippen LogP contribution is -2.66. The minimum atomic E-state index is -2.94. The van der Waals surface area contributed by atoms with Gasteiger partial charge in [0.25, 0.3) is 5.56 Å². The number of thiocarbonyl (C=S) groups is 1. The highest BCUT2D eigenvalue weighted by atomic mass is 32.2. The number of H-pyrrole nitrogens is 1. The fraction of sp³-hybridized carbons (Fsp3) is 0.783. The number of hydrogen-bond acceptors (Lipinski definition) is 9. The molecule has 2 saturated heterocycles. The Labute approximate surface area is 225 Å². The third-order valence-electron chi connectivity index (χ3n) is 7.14. The molecule has 2 aliphatic rings. The molecule has 0 bridgehead atoms. The van der Waals surface area contributed by atoms with Crippen LogP contribution in [-0.2, 0) is 22.4 Å². The highest BCUT2D eigenvalue weighted by molar-refractivity contribution is 8.22. The van der Waals surface area contributed by atoms with Gasteiger partial charge in [-0.15, -0.1) is 0 Å². The number of aromatic amines is 1. The number of rotatable bonds is 6. The minimum Gasteiger partial charge on any atom is -0.468 e. The van der Waals surface area contributed by atoms with Gasteiger partial charge in [0, 0.05) is 12.3 Å². The van der Waals surface area contributed by atoms with Crippen LogP contribution in [0.5, 0.6) is 0 Å². The lowest BCUT2D eigenvalue weighted by molar-refractivity contribution is -0.0591. The molecule has 3 heterocycles. The molecular weight excluding hydrogens is 537 g/mol. The summed E-state index contributed by atoms with van der Waals surface area (Å²) >= 11 is 6.70. The largest absolute Gasteiger partial charge is 0.468 e. The summed E-state index contributed by atoms with van der Waals surface area (Å²) < 4.78 is 35.4. The van der Waals surface area contributed by atoms with Crippen molar-refractivity contribution in [3.05, 3.63) is 33.1 Å². The molecule has 36 heavy (non-hydrogen) atoms. The zero-order chi connectivity index (χ0) is 27.0. The number of thioether (sulfide) groups is 1. The first kappa shape index (κ1) is 29.7. The lowest BCUT2D eigenvalue weighted by Gasteiger charge is -2.51. The molecule has 13 heteroatoms. The summed E-state index contributed by atoms with van der Waals surface area (Å²) in [7, 11) is -5.69. The topological polar surface area (TPSA) is 101 Å². The van der Waals surface area contributed by atoms with E-state index in [1.54, 1.807) is 0 Å². The summed E-state index contributed by atoms with van der Waals surface area (Å²) in [5.41, 5.74) is -0.457. The van der Waals surface area contributed by atoms with Crippen LogP contribution in [0.1, 0.15) is 61.6 Å². The summed E-state index contributed by atoms with van der Waals surface area (Å²) in [5, 5.41) is 0. The minimum absolute atomic E-state index is 0.118. The number of nitrogens with one attached hydrogen (secondary N) is 1. The quantitative estimate of drug-likeness (QED) is 0.389. The maximum absolute atomic E-state index is 12.7. The molecule has 1 aromatic heterocycles. The number of ether oxygens (including phenoxy) is 2. The van der Waals surface area contributed by atoms with Gasteiger partial charge in [0.15, 0.2) is 12.3 Å². The van der Waals surface area contributed by atoms with Gasteiger partial charge in [-0.1, -0.05) is 67.2 Å². The molecule has 1 aromatic rings.